The maximum atomic E-state index is 6.08. The molecule has 1 aliphatic carbocycles. The van der Waals surface area contributed by atoms with Crippen LogP contribution in [0.3, 0.4) is 0 Å². The van der Waals surface area contributed by atoms with Crippen LogP contribution in [0.15, 0.2) is 23.2 Å². The maximum absolute atomic E-state index is 6.08. The van der Waals surface area contributed by atoms with Crippen molar-refractivity contribution < 1.29 is 0 Å². The lowest BCUT2D eigenvalue weighted by Gasteiger charge is -2.05. The summed E-state index contributed by atoms with van der Waals surface area (Å²) in [4.78, 5) is 8.60. The Morgan fingerprint density at radius 1 is 1.50 bits per heavy atom. The van der Waals surface area contributed by atoms with Crippen LogP contribution < -0.4 is 5.73 Å². The lowest BCUT2D eigenvalue weighted by Crippen LogP contribution is -2.22. The van der Waals surface area contributed by atoms with Crippen molar-refractivity contribution in [3.05, 3.63) is 28.9 Å². The minimum atomic E-state index is 0.0908. The Bertz CT molecular complexity index is 530. The third-order valence-electron chi connectivity index (χ3n) is 3.19. The van der Waals surface area contributed by atoms with E-state index in [1.807, 2.05) is 10.6 Å². The summed E-state index contributed by atoms with van der Waals surface area (Å²) < 4.78 is 3.02. The van der Waals surface area contributed by atoms with Gasteiger partial charge in [-0.1, -0.05) is 0 Å². The number of aromatic nitrogens is 3. The number of hydrogen-bond donors (Lipinski definition) is 1. The average molecular weight is 281 g/mol. The highest BCUT2D eigenvalue weighted by atomic mass is 79.9. The third kappa shape index (κ3) is 1.74. The Kier molecular flexibility index (Phi) is 2.26. The number of nitrogens with two attached hydrogens (primary N) is 1. The first-order valence-electron chi connectivity index (χ1n) is 5.43. The largest absolute Gasteiger partial charge is 0.325 e. The van der Waals surface area contributed by atoms with Gasteiger partial charge in [-0.25, -0.2) is 4.98 Å². The van der Waals surface area contributed by atoms with Crippen LogP contribution in [0.25, 0.3) is 5.65 Å². The highest BCUT2D eigenvalue weighted by Gasteiger charge is 2.37. The lowest BCUT2D eigenvalue weighted by atomic mass is 10.1. The summed E-state index contributed by atoms with van der Waals surface area (Å²) in [7, 11) is 0. The van der Waals surface area contributed by atoms with Gasteiger partial charge in [-0.3, -0.25) is 9.38 Å². The van der Waals surface area contributed by atoms with E-state index in [2.05, 4.69) is 25.9 Å². The summed E-state index contributed by atoms with van der Waals surface area (Å²) in [5, 5.41) is 0. The molecule has 0 bridgehead atoms. The number of nitrogens with zero attached hydrogens (tertiary/aromatic N) is 3. The van der Waals surface area contributed by atoms with Crippen LogP contribution in [0.5, 0.6) is 0 Å². The summed E-state index contributed by atoms with van der Waals surface area (Å²) >= 11 is 3.57. The summed E-state index contributed by atoms with van der Waals surface area (Å²) in [6.45, 7) is 0. The SMILES string of the molecule is NC1(CCc2nc3cnccn3c2Br)CC1. The van der Waals surface area contributed by atoms with E-state index in [1.54, 1.807) is 12.4 Å². The molecule has 4 nitrogen and oxygen atoms in total. The summed E-state index contributed by atoms with van der Waals surface area (Å²) in [6.07, 6.45) is 9.68. The molecule has 84 valence electrons. The van der Waals surface area contributed by atoms with Gasteiger partial charge in [0.25, 0.3) is 0 Å². The Morgan fingerprint density at radius 2 is 2.31 bits per heavy atom. The second-order valence-electron chi connectivity index (χ2n) is 4.52. The van der Waals surface area contributed by atoms with Gasteiger partial charge < -0.3 is 5.73 Å². The predicted octanol–water partition coefficient (Wildman–Crippen LogP) is 1.92. The Labute approximate surface area is 102 Å². The molecule has 0 spiro atoms. The Hall–Kier alpha value is -0.940. The first-order chi connectivity index (χ1) is 7.68. The van der Waals surface area contributed by atoms with E-state index in [4.69, 9.17) is 5.73 Å². The first kappa shape index (κ1) is 10.2. The molecule has 0 atom stereocenters. The molecule has 0 unspecified atom stereocenters. The second kappa shape index (κ2) is 3.53. The van der Waals surface area contributed by atoms with Gasteiger partial charge in [-0.2, -0.15) is 0 Å². The molecule has 3 rings (SSSR count). The average Bonchev–Trinajstić information content (AvgIpc) is 2.94. The molecule has 0 radical (unpaired) electrons. The fourth-order valence-corrected chi connectivity index (χ4v) is 2.45. The number of rotatable bonds is 3. The smallest absolute Gasteiger partial charge is 0.156 e. The molecule has 0 saturated heterocycles. The summed E-state index contributed by atoms with van der Waals surface area (Å²) in [5.74, 6) is 0. The molecule has 2 heterocycles. The zero-order valence-corrected chi connectivity index (χ0v) is 10.4. The summed E-state index contributed by atoms with van der Waals surface area (Å²) in [6, 6.07) is 0. The Balaban J connectivity index is 1.88. The topological polar surface area (TPSA) is 56.2 Å². The molecule has 0 aliphatic heterocycles. The summed E-state index contributed by atoms with van der Waals surface area (Å²) in [5.41, 5.74) is 8.12. The van der Waals surface area contributed by atoms with Crippen molar-refractivity contribution in [3.63, 3.8) is 0 Å². The van der Waals surface area contributed by atoms with Crippen molar-refractivity contribution in [1.82, 2.24) is 14.4 Å². The van der Waals surface area contributed by atoms with Crippen molar-refractivity contribution in [2.24, 2.45) is 5.73 Å². The minimum Gasteiger partial charge on any atom is -0.325 e. The van der Waals surface area contributed by atoms with E-state index in [-0.39, 0.29) is 5.54 Å². The van der Waals surface area contributed by atoms with Crippen molar-refractivity contribution in [2.75, 3.05) is 0 Å². The van der Waals surface area contributed by atoms with E-state index in [0.717, 1.165) is 41.6 Å². The van der Waals surface area contributed by atoms with Crippen LogP contribution in [0.4, 0.5) is 0 Å². The van der Waals surface area contributed by atoms with Crippen LogP contribution in [0.2, 0.25) is 0 Å². The van der Waals surface area contributed by atoms with Gasteiger partial charge in [0.1, 0.15) is 4.60 Å². The fourth-order valence-electron chi connectivity index (χ4n) is 1.86. The van der Waals surface area contributed by atoms with Crippen molar-refractivity contribution in [2.45, 2.75) is 31.2 Å². The molecule has 2 aromatic heterocycles. The van der Waals surface area contributed by atoms with E-state index in [9.17, 15) is 0 Å². The molecule has 2 N–H and O–H groups in total. The number of aryl methyl sites for hydroxylation is 1. The lowest BCUT2D eigenvalue weighted by molar-refractivity contribution is 0.603. The van der Waals surface area contributed by atoms with Gasteiger partial charge in [0.15, 0.2) is 5.65 Å². The van der Waals surface area contributed by atoms with E-state index >= 15 is 0 Å². The monoisotopic (exact) mass is 280 g/mol. The van der Waals surface area contributed by atoms with Crippen molar-refractivity contribution in [1.29, 1.82) is 0 Å². The first-order valence-corrected chi connectivity index (χ1v) is 6.23. The predicted molar refractivity (Wildman–Crippen MR) is 65.2 cm³/mol. The number of imidazole rings is 1. The van der Waals surface area contributed by atoms with Crippen molar-refractivity contribution in [3.8, 4) is 0 Å². The molecular formula is C11H13BrN4. The van der Waals surface area contributed by atoms with Gasteiger partial charge in [0.2, 0.25) is 0 Å². The zero-order chi connectivity index (χ0) is 11.2. The number of hydrogen-bond acceptors (Lipinski definition) is 3. The molecule has 1 saturated carbocycles. The van der Waals surface area contributed by atoms with Crippen molar-refractivity contribution >= 4 is 21.6 Å². The number of fused-ring (bicyclic) bond motifs is 1. The second-order valence-corrected chi connectivity index (χ2v) is 5.27. The molecule has 16 heavy (non-hydrogen) atoms. The van der Waals surface area contributed by atoms with Gasteiger partial charge in [-0.05, 0) is 41.6 Å². The van der Waals surface area contributed by atoms with E-state index < -0.39 is 0 Å². The Morgan fingerprint density at radius 3 is 3.00 bits per heavy atom. The molecule has 1 fully saturated rings. The fraction of sp³-hybridized carbons (Fsp3) is 0.455. The van der Waals surface area contributed by atoms with Gasteiger partial charge >= 0.3 is 0 Å². The van der Waals surface area contributed by atoms with Gasteiger partial charge in [0, 0.05) is 17.9 Å². The van der Waals surface area contributed by atoms with Crippen LogP contribution >= 0.6 is 15.9 Å². The van der Waals surface area contributed by atoms with E-state index in [0.29, 0.717) is 0 Å². The number of halogens is 1. The minimum absolute atomic E-state index is 0.0908. The molecule has 0 amide bonds. The molecular weight excluding hydrogens is 268 g/mol. The third-order valence-corrected chi connectivity index (χ3v) is 4.03. The maximum Gasteiger partial charge on any atom is 0.156 e. The zero-order valence-electron chi connectivity index (χ0n) is 8.86. The van der Waals surface area contributed by atoms with Crippen LogP contribution in [0.1, 0.15) is 25.0 Å². The van der Waals surface area contributed by atoms with Crippen LogP contribution in [-0.2, 0) is 6.42 Å². The highest BCUT2D eigenvalue weighted by Crippen LogP contribution is 2.37. The van der Waals surface area contributed by atoms with Gasteiger partial charge in [0.05, 0.1) is 11.9 Å². The molecule has 5 heteroatoms. The quantitative estimate of drug-likeness (QED) is 0.935. The van der Waals surface area contributed by atoms with Gasteiger partial charge in [-0.15, -0.1) is 0 Å². The van der Waals surface area contributed by atoms with E-state index in [1.165, 1.54) is 0 Å². The normalized spacial score (nSPS) is 17.9. The van der Waals surface area contributed by atoms with Crippen LogP contribution in [0, 0.1) is 0 Å². The molecule has 0 aromatic carbocycles. The standard InChI is InChI=1S/C11H13BrN4/c12-10-8(1-2-11(13)3-4-11)15-9-7-14-5-6-16(9)10/h5-7H,1-4,13H2. The van der Waals surface area contributed by atoms with Crippen LogP contribution in [-0.4, -0.2) is 19.9 Å². The highest BCUT2D eigenvalue weighted by molar-refractivity contribution is 9.10. The molecule has 2 aromatic rings. The molecule has 1 aliphatic rings.